The molecule has 0 aromatic heterocycles. The summed E-state index contributed by atoms with van der Waals surface area (Å²) in [4.78, 5) is 14.4. The van der Waals surface area contributed by atoms with Gasteiger partial charge in [-0.1, -0.05) is 0 Å². The number of hydrogen-bond donors (Lipinski definition) is 1. The first-order valence-corrected chi connectivity index (χ1v) is 9.84. The van der Waals surface area contributed by atoms with Crippen LogP contribution in [0.4, 0.5) is 10.5 Å². The highest BCUT2D eigenvalue weighted by atomic mass is 127. The summed E-state index contributed by atoms with van der Waals surface area (Å²) in [7, 11) is 0. The molecule has 1 aliphatic rings. The van der Waals surface area contributed by atoms with Gasteiger partial charge in [-0.25, -0.2) is 4.79 Å². The summed E-state index contributed by atoms with van der Waals surface area (Å²) < 4.78 is 6.82. The molecule has 2 atom stereocenters. The molecule has 0 radical (unpaired) electrons. The van der Waals surface area contributed by atoms with Gasteiger partial charge in [0.05, 0.1) is 0 Å². The van der Waals surface area contributed by atoms with E-state index in [1.54, 1.807) is 0 Å². The molecule has 1 amide bonds. The zero-order valence-corrected chi connectivity index (χ0v) is 17.3. The van der Waals surface area contributed by atoms with E-state index < -0.39 is 5.60 Å². The molecular weight excluding hydrogens is 415 g/mol. The Morgan fingerprint density at radius 1 is 1.33 bits per heavy atom. The van der Waals surface area contributed by atoms with Gasteiger partial charge in [-0.3, -0.25) is 0 Å². The van der Waals surface area contributed by atoms with Crippen LogP contribution in [0.1, 0.15) is 53.4 Å². The smallest absolute Gasteiger partial charge is 0.410 e. The predicted molar refractivity (Wildman–Crippen MR) is 107 cm³/mol. The standard InChI is InChI=1S/C19H29IN2O2/c1-14(21-16-10-8-15(20)9-11-16)13-17-7-5-6-12-22(17)18(23)24-19(2,3)4/h8-11,14,17,21H,5-7,12-13H2,1-4H3. The molecule has 1 heterocycles. The Bertz CT molecular complexity index is 539. The Kier molecular flexibility index (Phi) is 6.78. The maximum atomic E-state index is 12.5. The van der Waals surface area contributed by atoms with E-state index in [1.807, 2.05) is 25.7 Å². The molecule has 0 saturated carbocycles. The lowest BCUT2D eigenvalue weighted by atomic mass is 9.96. The largest absolute Gasteiger partial charge is 0.444 e. The minimum atomic E-state index is -0.440. The third-order valence-corrected chi connectivity index (χ3v) is 4.86. The number of hydrogen-bond acceptors (Lipinski definition) is 3. The third kappa shape index (κ3) is 6.15. The van der Waals surface area contributed by atoms with Gasteiger partial charge in [0, 0.05) is 27.9 Å². The van der Waals surface area contributed by atoms with E-state index in [0.29, 0.717) is 6.04 Å². The van der Waals surface area contributed by atoms with Crippen molar-refractivity contribution in [1.82, 2.24) is 4.90 Å². The summed E-state index contributed by atoms with van der Waals surface area (Å²) in [6, 6.07) is 8.96. The second kappa shape index (κ2) is 8.41. The van der Waals surface area contributed by atoms with Gasteiger partial charge < -0.3 is 15.0 Å². The van der Waals surface area contributed by atoms with Crippen molar-refractivity contribution < 1.29 is 9.53 Å². The lowest BCUT2D eigenvalue weighted by Gasteiger charge is -2.38. The summed E-state index contributed by atoms with van der Waals surface area (Å²) in [5.41, 5.74) is 0.687. The average Bonchev–Trinajstić information content (AvgIpc) is 2.48. The molecular formula is C19H29IN2O2. The maximum absolute atomic E-state index is 12.5. The Balaban J connectivity index is 1.94. The van der Waals surface area contributed by atoms with Gasteiger partial charge in [0.1, 0.15) is 5.60 Å². The van der Waals surface area contributed by atoms with E-state index in [-0.39, 0.29) is 12.1 Å². The average molecular weight is 444 g/mol. The molecule has 1 aromatic rings. The quantitative estimate of drug-likeness (QED) is 0.644. The summed E-state index contributed by atoms with van der Waals surface area (Å²) in [5.74, 6) is 0. The zero-order chi connectivity index (χ0) is 17.7. The van der Waals surface area contributed by atoms with Crippen LogP contribution >= 0.6 is 22.6 Å². The summed E-state index contributed by atoms with van der Waals surface area (Å²) in [5, 5.41) is 3.54. The fourth-order valence-corrected chi connectivity index (χ4v) is 3.46. The predicted octanol–water partition coefficient (Wildman–Crippen LogP) is 5.27. The number of ether oxygens (including phenoxy) is 1. The van der Waals surface area contributed by atoms with E-state index in [4.69, 9.17) is 4.74 Å². The van der Waals surface area contributed by atoms with Crippen molar-refractivity contribution >= 4 is 34.4 Å². The van der Waals surface area contributed by atoms with Crippen LogP contribution in [-0.2, 0) is 4.74 Å². The number of benzene rings is 1. The fraction of sp³-hybridized carbons (Fsp3) is 0.632. The Labute approximate surface area is 159 Å². The van der Waals surface area contributed by atoms with Crippen LogP contribution in [0.2, 0.25) is 0 Å². The molecule has 1 saturated heterocycles. The van der Waals surface area contributed by atoms with Crippen molar-refractivity contribution in [2.24, 2.45) is 0 Å². The monoisotopic (exact) mass is 444 g/mol. The van der Waals surface area contributed by atoms with E-state index >= 15 is 0 Å². The van der Waals surface area contributed by atoms with Crippen LogP contribution in [0.25, 0.3) is 0 Å². The Morgan fingerprint density at radius 3 is 2.62 bits per heavy atom. The number of halogens is 1. The summed E-state index contributed by atoms with van der Waals surface area (Å²) in [6.45, 7) is 8.75. The number of anilines is 1. The maximum Gasteiger partial charge on any atom is 0.410 e. The summed E-state index contributed by atoms with van der Waals surface area (Å²) >= 11 is 2.31. The molecule has 1 fully saturated rings. The number of likely N-dealkylation sites (tertiary alicyclic amines) is 1. The number of carbonyl (C=O) groups excluding carboxylic acids is 1. The van der Waals surface area contributed by atoms with Crippen molar-refractivity contribution in [3.05, 3.63) is 27.8 Å². The molecule has 1 N–H and O–H groups in total. The molecule has 5 heteroatoms. The first-order valence-electron chi connectivity index (χ1n) is 8.76. The number of nitrogens with one attached hydrogen (secondary N) is 1. The second-order valence-electron chi connectivity index (χ2n) is 7.61. The molecule has 1 aliphatic heterocycles. The van der Waals surface area contributed by atoms with Crippen molar-refractivity contribution in [1.29, 1.82) is 0 Å². The Morgan fingerprint density at radius 2 is 2.00 bits per heavy atom. The number of carbonyl (C=O) groups is 1. The molecule has 2 unspecified atom stereocenters. The van der Waals surface area contributed by atoms with E-state index in [0.717, 1.165) is 31.5 Å². The van der Waals surface area contributed by atoms with Crippen LogP contribution in [-0.4, -0.2) is 35.2 Å². The normalized spacial score (nSPS) is 19.7. The molecule has 4 nitrogen and oxygen atoms in total. The molecule has 0 bridgehead atoms. The van der Waals surface area contributed by atoms with Gasteiger partial charge in [0.25, 0.3) is 0 Å². The lowest BCUT2D eigenvalue weighted by molar-refractivity contribution is 0.00852. The topological polar surface area (TPSA) is 41.6 Å². The van der Waals surface area contributed by atoms with Crippen LogP contribution in [0.5, 0.6) is 0 Å². The highest BCUT2D eigenvalue weighted by Crippen LogP contribution is 2.24. The zero-order valence-electron chi connectivity index (χ0n) is 15.1. The van der Waals surface area contributed by atoms with Gasteiger partial charge in [0.2, 0.25) is 0 Å². The molecule has 24 heavy (non-hydrogen) atoms. The van der Waals surface area contributed by atoms with E-state index in [9.17, 15) is 4.79 Å². The number of piperidine rings is 1. The summed E-state index contributed by atoms with van der Waals surface area (Å²) in [6.07, 6.45) is 4.06. The van der Waals surface area contributed by atoms with Gasteiger partial charge >= 0.3 is 6.09 Å². The number of amides is 1. The van der Waals surface area contributed by atoms with E-state index in [1.165, 1.54) is 9.99 Å². The van der Waals surface area contributed by atoms with Crippen LogP contribution in [0.15, 0.2) is 24.3 Å². The first kappa shape index (κ1) is 19.3. The molecule has 1 aromatic carbocycles. The highest BCUT2D eigenvalue weighted by molar-refractivity contribution is 14.1. The van der Waals surface area contributed by atoms with Gasteiger partial charge in [-0.15, -0.1) is 0 Å². The highest BCUT2D eigenvalue weighted by Gasteiger charge is 2.31. The van der Waals surface area contributed by atoms with Crippen LogP contribution < -0.4 is 5.32 Å². The molecule has 134 valence electrons. The van der Waals surface area contributed by atoms with Crippen LogP contribution in [0, 0.1) is 3.57 Å². The van der Waals surface area contributed by atoms with Crippen molar-refractivity contribution in [2.45, 2.75) is 71.1 Å². The molecule has 0 aliphatic carbocycles. The Hall–Kier alpha value is -0.980. The minimum absolute atomic E-state index is 0.173. The van der Waals surface area contributed by atoms with E-state index in [2.05, 4.69) is 59.1 Å². The SMILES string of the molecule is CC(CC1CCCCN1C(=O)OC(C)(C)C)Nc1ccc(I)cc1. The van der Waals surface area contributed by atoms with Crippen LogP contribution in [0.3, 0.4) is 0 Å². The minimum Gasteiger partial charge on any atom is -0.444 e. The third-order valence-electron chi connectivity index (χ3n) is 4.14. The number of rotatable bonds is 4. The lowest BCUT2D eigenvalue weighted by Crippen LogP contribution is -2.47. The van der Waals surface area contributed by atoms with Gasteiger partial charge in [0.15, 0.2) is 0 Å². The second-order valence-corrected chi connectivity index (χ2v) is 8.86. The first-order chi connectivity index (χ1) is 11.2. The van der Waals surface area contributed by atoms with Gasteiger partial charge in [-0.05, 0) is 100 Å². The fourth-order valence-electron chi connectivity index (χ4n) is 3.10. The van der Waals surface area contributed by atoms with Crippen molar-refractivity contribution in [3.63, 3.8) is 0 Å². The molecule has 2 rings (SSSR count). The van der Waals surface area contributed by atoms with Crippen molar-refractivity contribution in [2.75, 3.05) is 11.9 Å². The van der Waals surface area contributed by atoms with Gasteiger partial charge in [-0.2, -0.15) is 0 Å². The molecule has 0 spiro atoms. The van der Waals surface area contributed by atoms with Crippen molar-refractivity contribution in [3.8, 4) is 0 Å². The number of nitrogens with zero attached hydrogens (tertiary/aromatic N) is 1.